The smallest absolute Gasteiger partial charge is 0.416 e. The topological polar surface area (TPSA) is 26.0 Å². The molecule has 0 aliphatic rings. The normalized spacial score (nSPS) is 12.3. The van der Waals surface area contributed by atoms with E-state index in [2.05, 4.69) is 4.98 Å². The second-order valence-corrected chi connectivity index (χ2v) is 4.48. The number of para-hydroxylation sites is 2. The zero-order valence-electron chi connectivity index (χ0n) is 10.8. The third-order valence-electron chi connectivity index (χ3n) is 2.94. The molecule has 0 fully saturated rings. The second-order valence-electron chi connectivity index (χ2n) is 4.48. The van der Waals surface area contributed by atoms with E-state index < -0.39 is 11.7 Å². The minimum Gasteiger partial charge on any atom is -0.437 e. The van der Waals surface area contributed by atoms with Gasteiger partial charge in [-0.15, -0.1) is 0 Å². The molecule has 1 aromatic heterocycles. The molecule has 1 heterocycles. The minimum absolute atomic E-state index is 0.355. The largest absolute Gasteiger partial charge is 0.437 e. The van der Waals surface area contributed by atoms with Gasteiger partial charge in [-0.2, -0.15) is 13.2 Å². The number of aromatic nitrogens is 1. The number of hydrogen-bond donors (Lipinski definition) is 0. The number of oxazole rings is 1. The lowest BCUT2D eigenvalue weighted by Crippen LogP contribution is -2.04. The fraction of sp³-hybridized carbons (Fsp3) is 0.0625. The summed E-state index contributed by atoms with van der Waals surface area (Å²) < 4.78 is 43.3. The van der Waals surface area contributed by atoms with Gasteiger partial charge in [0, 0.05) is 6.08 Å². The van der Waals surface area contributed by atoms with Crippen molar-refractivity contribution in [1.29, 1.82) is 0 Å². The first-order valence-corrected chi connectivity index (χ1v) is 6.23. The van der Waals surface area contributed by atoms with E-state index in [1.54, 1.807) is 30.4 Å². The molecule has 106 valence electrons. The molecule has 0 amide bonds. The van der Waals surface area contributed by atoms with Crippen molar-refractivity contribution in [2.45, 2.75) is 6.18 Å². The van der Waals surface area contributed by atoms with Crippen molar-refractivity contribution in [3.8, 4) is 0 Å². The van der Waals surface area contributed by atoms with Crippen molar-refractivity contribution >= 4 is 23.3 Å². The Kier molecular flexibility index (Phi) is 3.25. The van der Waals surface area contributed by atoms with Gasteiger partial charge in [-0.3, -0.25) is 0 Å². The summed E-state index contributed by atoms with van der Waals surface area (Å²) in [5.74, 6) is 0.355. The molecule has 3 aromatic rings. The van der Waals surface area contributed by atoms with Crippen LogP contribution in [0.3, 0.4) is 0 Å². The van der Waals surface area contributed by atoms with Crippen LogP contribution in [-0.4, -0.2) is 4.98 Å². The number of benzene rings is 2. The molecule has 5 heteroatoms. The maximum absolute atomic E-state index is 12.6. The third-order valence-corrected chi connectivity index (χ3v) is 2.94. The number of rotatable bonds is 2. The van der Waals surface area contributed by atoms with E-state index in [9.17, 15) is 13.2 Å². The van der Waals surface area contributed by atoms with E-state index in [4.69, 9.17) is 4.42 Å². The number of hydrogen-bond acceptors (Lipinski definition) is 2. The molecule has 0 spiro atoms. The average molecular weight is 289 g/mol. The fourth-order valence-electron chi connectivity index (χ4n) is 1.95. The fourth-order valence-corrected chi connectivity index (χ4v) is 1.95. The van der Waals surface area contributed by atoms with Crippen LogP contribution in [0, 0.1) is 0 Å². The Morgan fingerprint density at radius 2 is 1.76 bits per heavy atom. The Morgan fingerprint density at radius 1 is 0.952 bits per heavy atom. The molecule has 2 nitrogen and oxygen atoms in total. The average Bonchev–Trinajstić information content (AvgIpc) is 2.87. The maximum Gasteiger partial charge on any atom is 0.416 e. The van der Waals surface area contributed by atoms with Gasteiger partial charge in [-0.25, -0.2) is 4.98 Å². The monoisotopic (exact) mass is 289 g/mol. The lowest BCUT2D eigenvalue weighted by atomic mass is 10.1. The summed E-state index contributed by atoms with van der Waals surface area (Å²) in [4.78, 5) is 4.22. The molecule has 0 radical (unpaired) electrons. The van der Waals surface area contributed by atoms with E-state index in [0.29, 0.717) is 22.6 Å². The van der Waals surface area contributed by atoms with Gasteiger partial charge in [-0.05, 0) is 35.9 Å². The van der Waals surface area contributed by atoms with E-state index >= 15 is 0 Å². The predicted molar refractivity (Wildman–Crippen MR) is 74.4 cm³/mol. The summed E-state index contributed by atoms with van der Waals surface area (Å²) >= 11 is 0. The van der Waals surface area contributed by atoms with Gasteiger partial charge in [0.25, 0.3) is 0 Å². The van der Waals surface area contributed by atoms with Gasteiger partial charge in [0.15, 0.2) is 5.58 Å². The van der Waals surface area contributed by atoms with E-state index in [1.807, 2.05) is 12.1 Å². The lowest BCUT2D eigenvalue weighted by Gasteiger charge is -2.06. The highest BCUT2D eigenvalue weighted by Crippen LogP contribution is 2.29. The molecular weight excluding hydrogens is 279 g/mol. The minimum atomic E-state index is -4.35. The molecule has 0 bridgehead atoms. The van der Waals surface area contributed by atoms with Gasteiger partial charge in [-0.1, -0.05) is 24.3 Å². The summed E-state index contributed by atoms with van der Waals surface area (Å²) in [7, 11) is 0. The summed E-state index contributed by atoms with van der Waals surface area (Å²) in [6, 6.07) is 12.3. The van der Waals surface area contributed by atoms with Gasteiger partial charge >= 0.3 is 6.18 Å². The van der Waals surface area contributed by atoms with E-state index in [0.717, 1.165) is 12.1 Å². The Hall–Kier alpha value is -2.56. The Labute approximate surface area is 118 Å². The van der Waals surface area contributed by atoms with Crippen LogP contribution < -0.4 is 0 Å². The number of alkyl halides is 3. The van der Waals surface area contributed by atoms with Crippen molar-refractivity contribution in [1.82, 2.24) is 4.98 Å². The summed E-state index contributed by atoms with van der Waals surface area (Å²) in [6.07, 6.45) is -1.25. The first-order chi connectivity index (χ1) is 10.0. The molecular formula is C16H10F3NO. The van der Waals surface area contributed by atoms with Crippen molar-refractivity contribution in [3.05, 3.63) is 65.5 Å². The van der Waals surface area contributed by atoms with Gasteiger partial charge in [0.1, 0.15) is 5.52 Å². The summed E-state index contributed by atoms with van der Waals surface area (Å²) in [5, 5.41) is 0. The maximum atomic E-state index is 12.6. The summed E-state index contributed by atoms with van der Waals surface area (Å²) in [5.41, 5.74) is 1.11. The zero-order valence-corrected chi connectivity index (χ0v) is 10.8. The van der Waals surface area contributed by atoms with Crippen molar-refractivity contribution in [2.75, 3.05) is 0 Å². The lowest BCUT2D eigenvalue weighted by molar-refractivity contribution is -0.137. The van der Waals surface area contributed by atoms with Gasteiger partial charge in [0.2, 0.25) is 5.89 Å². The Bertz CT molecular complexity index is 769. The van der Waals surface area contributed by atoms with Crippen LogP contribution in [0.2, 0.25) is 0 Å². The highest BCUT2D eigenvalue weighted by atomic mass is 19.4. The first kappa shape index (κ1) is 13.4. The molecule has 0 unspecified atom stereocenters. The number of halogens is 3. The molecule has 21 heavy (non-hydrogen) atoms. The third kappa shape index (κ3) is 2.97. The van der Waals surface area contributed by atoms with Crippen molar-refractivity contribution < 1.29 is 17.6 Å². The van der Waals surface area contributed by atoms with Crippen LogP contribution >= 0.6 is 0 Å². The standard InChI is InChI=1S/C16H10F3NO/c17-16(18,19)12-5-3-4-11(10-12)8-9-15-20-13-6-1-2-7-14(13)21-15/h1-10H/b9-8+. The highest BCUT2D eigenvalue weighted by molar-refractivity contribution is 5.75. The van der Waals surface area contributed by atoms with Gasteiger partial charge in [0.05, 0.1) is 5.56 Å². The highest BCUT2D eigenvalue weighted by Gasteiger charge is 2.30. The number of fused-ring (bicyclic) bond motifs is 1. The van der Waals surface area contributed by atoms with E-state index in [1.165, 1.54) is 6.07 Å². The van der Waals surface area contributed by atoms with Crippen LogP contribution in [0.25, 0.3) is 23.3 Å². The zero-order chi connectivity index (χ0) is 14.9. The summed E-state index contributed by atoms with van der Waals surface area (Å²) in [6.45, 7) is 0. The van der Waals surface area contributed by atoms with Crippen LogP contribution in [0.15, 0.2) is 52.9 Å². The van der Waals surface area contributed by atoms with Crippen LogP contribution in [0.1, 0.15) is 17.0 Å². The molecule has 0 N–H and O–H groups in total. The molecule has 2 aromatic carbocycles. The molecule has 0 aliphatic heterocycles. The SMILES string of the molecule is FC(F)(F)c1cccc(/C=C/c2nc3ccccc3o2)c1. The molecule has 3 rings (SSSR count). The first-order valence-electron chi connectivity index (χ1n) is 6.23. The molecule has 0 saturated carbocycles. The molecule has 0 atom stereocenters. The Morgan fingerprint density at radius 3 is 2.52 bits per heavy atom. The van der Waals surface area contributed by atoms with Crippen molar-refractivity contribution in [2.24, 2.45) is 0 Å². The molecule has 0 saturated heterocycles. The van der Waals surface area contributed by atoms with Crippen LogP contribution in [0.5, 0.6) is 0 Å². The van der Waals surface area contributed by atoms with Crippen LogP contribution in [-0.2, 0) is 6.18 Å². The quantitative estimate of drug-likeness (QED) is 0.662. The number of nitrogens with zero attached hydrogens (tertiary/aromatic N) is 1. The van der Waals surface area contributed by atoms with Gasteiger partial charge < -0.3 is 4.42 Å². The van der Waals surface area contributed by atoms with Crippen molar-refractivity contribution in [3.63, 3.8) is 0 Å². The Balaban J connectivity index is 1.89. The van der Waals surface area contributed by atoms with E-state index in [-0.39, 0.29) is 0 Å². The van der Waals surface area contributed by atoms with Crippen LogP contribution in [0.4, 0.5) is 13.2 Å². The second kappa shape index (κ2) is 5.09. The predicted octanol–water partition coefficient (Wildman–Crippen LogP) is 5.02. The molecule has 0 aliphatic carbocycles.